The van der Waals surface area contributed by atoms with Crippen LogP contribution in [0.25, 0.3) is 10.2 Å². The Morgan fingerprint density at radius 1 is 1.29 bits per heavy atom. The van der Waals surface area contributed by atoms with E-state index < -0.39 is 17.5 Å². The van der Waals surface area contributed by atoms with Crippen LogP contribution in [0.3, 0.4) is 0 Å². The number of carboxylic acids is 1. The zero-order valence-electron chi connectivity index (χ0n) is 11.3. The molecule has 1 aliphatic carbocycles. The Morgan fingerprint density at radius 3 is 2.76 bits per heavy atom. The van der Waals surface area contributed by atoms with E-state index in [0.717, 1.165) is 23.1 Å². The average molecular weight is 305 g/mol. The van der Waals surface area contributed by atoms with Crippen molar-refractivity contribution in [2.75, 3.05) is 5.32 Å². The summed E-state index contributed by atoms with van der Waals surface area (Å²) in [5, 5.41) is 14.7. The Balaban J connectivity index is 1.72. The van der Waals surface area contributed by atoms with Crippen LogP contribution in [-0.2, 0) is 4.79 Å². The quantitative estimate of drug-likeness (QED) is 0.813. The molecule has 0 spiro atoms. The van der Waals surface area contributed by atoms with E-state index in [2.05, 4.69) is 15.6 Å². The first kappa shape index (κ1) is 13.8. The molecule has 3 rings (SSSR count). The predicted molar refractivity (Wildman–Crippen MR) is 80.6 cm³/mol. The summed E-state index contributed by atoms with van der Waals surface area (Å²) in [6, 6.07) is 4.92. The maximum absolute atomic E-state index is 12.1. The Morgan fingerprint density at radius 2 is 2.05 bits per heavy atom. The molecule has 0 bridgehead atoms. The summed E-state index contributed by atoms with van der Waals surface area (Å²) in [4.78, 5) is 27.6. The number of carboxylic acid groups (broad SMARTS) is 1. The van der Waals surface area contributed by atoms with Crippen LogP contribution in [-0.4, -0.2) is 27.6 Å². The fourth-order valence-electron chi connectivity index (χ4n) is 2.68. The van der Waals surface area contributed by atoms with Gasteiger partial charge >= 0.3 is 12.0 Å². The van der Waals surface area contributed by atoms with Gasteiger partial charge < -0.3 is 15.7 Å². The van der Waals surface area contributed by atoms with Gasteiger partial charge in [0.25, 0.3) is 0 Å². The maximum Gasteiger partial charge on any atom is 0.329 e. The van der Waals surface area contributed by atoms with Crippen molar-refractivity contribution in [3.63, 3.8) is 0 Å². The van der Waals surface area contributed by atoms with Crippen LogP contribution in [0.1, 0.15) is 25.7 Å². The molecule has 2 amide bonds. The summed E-state index contributed by atoms with van der Waals surface area (Å²) in [5.74, 6) is -0.965. The number of aromatic nitrogens is 1. The number of rotatable bonds is 3. The molecule has 1 heterocycles. The second-order valence-corrected chi connectivity index (χ2v) is 6.09. The van der Waals surface area contributed by atoms with Gasteiger partial charge in [-0.25, -0.2) is 14.6 Å². The van der Waals surface area contributed by atoms with Crippen molar-refractivity contribution in [1.82, 2.24) is 10.3 Å². The molecule has 7 heteroatoms. The van der Waals surface area contributed by atoms with Crippen molar-refractivity contribution >= 4 is 39.2 Å². The van der Waals surface area contributed by atoms with E-state index >= 15 is 0 Å². The summed E-state index contributed by atoms with van der Waals surface area (Å²) >= 11 is 1.49. The van der Waals surface area contributed by atoms with Crippen LogP contribution < -0.4 is 10.6 Å². The van der Waals surface area contributed by atoms with Crippen LogP contribution in [0.15, 0.2) is 23.7 Å². The lowest BCUT2D eigenvalue weighted by Crippen LogP contribution is -2.53. The zero-order valence-corrected chi connectivity index (χ0v) is 12.1. The number of urea groups is 1. The first-order valence-corrected chi connectivity index (χ1v) is 7.63. The van der Waals surface area contributed by atoms with Gasteiger partial charge in [0.05, 0.1) is 15.7 Å². The number of hydrogen-bond acceptors (Lipinski definition) is 4. The van der Waals surface area contributed by atoms with Crippen molar-refractivity contribution in [3.05, 3.63) is 23.7 Å². The standard InChI is InChI=1S/C14H15N3O3S/c18-12(19)14(5-1-2-6-14)17-13(20)16-9-3-4-10-11(7-9)21-8-15-10/h3-4,7-8H,1-2,5-6H2,(H,18,19)(H2,16,17,20). The molecular weight excluding hydrogens is 290 g/mol. The molecule has 0 aliphatic heterocycles. The number of benzene rings is 1. The largest absolute Gasteiger partial charge is 0.480 e. The van der Waals surface area contributed by atoms with Crippen molar-refractivity contribution in [1.29, 1.82) is 0 Å². The normalized spacial score (nSPS) is 16.8. The van der Waals surface area contributed by atoms with Crippen molar-refractivity contribution in [2.45, 2.75) is 31.2 Å². The Labute approximate surface area is 125 Å². The first-order valence-electron chi connectivity index (χ1n) is 6.75. The van der Waals surface area contributed by atoms with Crippen molar-refractivity contribution < 1.29 is 14.7 Å². The van der Waals surface area contributed by atoms with Gasteiger partial charge in [-0.1, -0.05) is 12.8 Å². The number of aliphatic carboxylic acids is 1. The molecule has 3 N–H and O–H groups in total. The summed E-state index contributed by atoms with van der Waals surface area (Å²) < 4.78 is 0.974. The van der Waals surface area contributed by atoms with E-state index in [-0.39, 0.29) is 0 Å². The Kier molecular flexibility index (Phi) is 3.50. The van der Waals surface area contributed by atoms with E-state index in [4.69, 9.17) is 0 Å². The number of carbonyl (C=O) groups is 2. The lowest BCUT2D eigenvalue weighted by Gasteiger charge is -2.25. The third-order valence-corrected chi connectivity index (χ3v) is 4.60. The Hall–Kier alpha value is -2.15. The molecule has 21 heavy (non-hydrogen) atoms. The van der Waals surface area contributed by atoms with Gasteiger partial charge in [0, 0.05) is 5.69 Å². The molecule has 1 aromatic heterocycles. The highest BCUT2D eigenvalue weighted by atomic mass is 32.1. The second-order valence-electron chi connectivity index (χ2n) is 5.21. The van der Waals surface area contributed by atoms with Gasteiger partial charge in [-0.05, 0) is 31.0 Å². The number of anilines is 1. The van der Waals surface area contributed by atoms with Crippen LogP contribution in [0.5, 0.6) is 0 Å². The highest BCUT2D eigenvalue weighted by Gasteiger charge is 2.42. The van der Waals surface area contributed by atoms with Crippen LogP contribution in [0.4, 0.5) is 10.5 Å². The second kappa shape index (κ2) is 5.33. The SMILES string of the molecule is O=C(Nc1ccc2ncsc2c1)NC1(C(=O)O)CCCC1. The average Bonchev–Trinajstić information content (AvgIpc) is 3.07. The zero-order chi connectivity index (χ0) is 14.9. The van der Waals surface area contributed by atoms with Gasteiger partial charge in [-0.15, -0.1) is 11.3 Å². The lowest BCUT2D eigenvalue weighted by atomic mass is 9.98. The number of carbonyl (C=O) groups excluding carboxylic acids is 1. The predicted octanol–water partition coefficient (Wildman–Crippen LogP) is 2.82. The van der Waals surface area contributed by atoms with Crippen molar-refractivity contribution in [2.24, 2.45) is 0 Å². The highest BCUT2D eigenvalue weighted by Crippen LogP contribution is 2.30. The number of amides is 2. The monoisotopic (exact) mass is 305 g/mol. The minimum absolute atomic E-state index is 0.476. The van der Waals surface area contributed by atoms with Gasteiger partial charge in [0.15, 0.2) is 0 Å². The molecule has 2 aromatic rings. The third-order valence-electron chi connectivity index (χ3n) is 3.81. The number of fused-ring (bicyclic) bond motifs is 1. The van der Waals surface area contributed by atoms with Gasteiger partial charge in [0.1, 0.15) is 5.54 Å². The Bertz CT molecular complexity index is 692. The van der Waals surface area contributed by atoms with E-state index in [1.165, 1.54) is 11.3 Å². The topological polar surface area (TPSA) is 91.3 Å². The summed E-state index contributed by atoms with van der Waals surface area (Å²) in [6.45, 7) is 0. The van der Waals surface area contributed by atoms with Gasteiger partial charge in [-0.3, -0.25) is 0 Å². The van der Waals surface area contributed by atoms with E-state index in [0.29, 0.717) is 18.5 Å². The maximum atomic E-state index is 12.1. The van der Waals surface area contributed by atoms with E-state index in [1.807, 2.05) is 12.1 Å². The molecule has 1 saturated carbocycles. The number of hydrogen-bond donors (Lipinski definition) is 3. The molecular formula is C14H15N3O3S. The molecule has 0 radical (unpaired) electrons. The summed E-state index contributed by atoms with van der Waals surface area (Å²) in [5.41, 5.74) is 2.12. The molecule has 1 aromatic carbocycles. The fourth-order valence-corrected chi connectivity index (χ4v) is 3.40. The molecule has 6 nitrogen and oxygen atoms in total. The van der Waals surface area contributed by atoms with Gasteiger partial charge in [-0.2, -0.15) is 0 Å². The van der Waals surface area contributed by atoms with Crippen LogP contribution in [0, 0.1) is 0 Å². The third kappa shape index (κ3) is 2.69. The molecule has 0 saturated heterocycles. The van der Waals surface area contributed by atoms with E-state index in [9.17, 15) is 14.7 Å². The first-order chi connectivity index (χ1) is 10.1. The molecule has 0 unspecified atom stereocenters. The molecule has 1 aliphatic rings. The number of nitrogens with zero attached hydrogens (tertiary/aromatic N) is 1. The molecule has 0 atom stereocenters. The summed E-state index contributed by atoms with van der Waals surface area (Å²) in [7, 11) is 0. The van der Waals surface area contributed by atoms with Crippen molar-refractivity contribution in [3.8, 4) is 0 Å². The minimum Gasteiger partial charge on any atom is -0.480 e. The van der Waals surface area contributed by atoms with E-state index in [1.54, 1.807) is 11.6 Å². The number of thiazole rings is 1. The number of nitrogens with one attached hydrogen (secondary N) is 2. The lowest BCUT2D eigenvalue weighted by molar-refractivity contribution is -0.144. The molecule has 110 valence electrons. The minimum atomic E-state index is -1.13. The van der Waals surface area contributed by atoms with Crippen LogP contribution >= 0.6 is 11.3 Å². The smallest absolute Gasteiger partial charge is 0.329 e. The summed E-state index contributed by atoms with van der Waals surface area (Å²) in [6.07, 6.45) is 2.59. The highest BCUT2D eigenvalue weighted by molar-refractivity contribution is 7.16. The van der Waals surface area contributed by atoms with Gasteiger partial charge in [0.2, 0.25) is 0 Å². The van der Waals surface area contributed by atoms with Crippen LogP contribution in [0.2, 0.25) is 0 Å². The fraction of sp³-hybridized carbons (Fsp3) is 0.357. The molecule has 1 fully saturated rings.